The predicted octanol–water partition coefficient (Wildman–Crippen LogP) is 6.19. The number of sulfonamides is 1. The van der Waals surface area contributed by atoms with Crippen LogP contribution >= 0.6 is 0 Å². The maximum absolute atomic E-state index is 13.1. The van der Waals surface area contributed by atoms with Crippen molar-refractivity contribution in [2.75, 3.05) is 0 Å². The third-order valence-electron chi connectivity index (χ3n) is 5.62. The second-order valence-corrected chi connectivity index (χ2v) is 9.68. The van der Waals surface area contributed by atoms with Gasteiger partial charge < -0.3 is 4.42 Å². The van der Waals surface area contributed by atoms with Gasteiger partial charge in [0.2, 0.25) is 0 Å². The summed E-state index contributed by atoms with van der Waals surface area (Å²) in [6.07, 6.45) is 0. The average molecular weight is 468 g/mol. The largest absolute Gasteiger partial charge is 0.451 e. The van der Waals surface area contributed by atoms with Crippen molar-refractivity contribution in [3.63, 3.8) is 0 Å². The monoisotopic (exact) mass is 467 g/mol. The third kappa shape index (κ3) is 4.23. The van der Waals surface area contributed by atoms with Gasteiger partial charge in [0.25, 0.3) is 10.0 Å². The smallest absolute Gasteiger partial charge is 0.300 e. The van der Waals surface area contributed by atoms with E-state index in [0.717, 1.165) is 22.3 Å². The highest BCUT2D eigenvalue weighted by Crippen LogP contribution is 2.29. The van der Waals surface area contributed by atoms with Gasteiger partial charge in [-0.15, -0.1) is 0 Å². The first-order chi connectivity index (χ1) is 16.4. The highest BCUT2D eigenvalue weighted by atomic mass is 32.2. The zero-order valence-corrected chi connectivity index (χ0v) is 19.2. The Hall–Kier alpha value is -4.16. The molecule has 168 valence electrons. The van der Waals surface area contributed by atoms with Gasteiger partial charge in [-0.1, -0.05) is 90.5 Å². The van der Waals surface area contributed by atoms with E-state index in [2.05, 4.69) is 4.72 Å². The summed E-state index contributed by atoms with van der Waals surface area (Å²) in [6.45, 7) is 2.02. The van der Waals surface area contributed by atoms with Gasteiger partial charge in [-0.05, 0) is 41.8 Å². The molecule has 0 aliphatic carbocycles. The number of carbonyl (C=O) groups is 1. The number of carbonyl (C=O) groups excluding carboxylic acids is 1. The first-order valence-electron chi connectivity index (χ1n) is 10.7. The summed E-state index contributed by atoms with van der Waals surface area (Å²) in [4.78, 5) is 12.9. The second-order valence-electron chi connectivity index (χ2n) is 8.03. The van der Waals surface area contributed by atoms with Crippen molar-refractivity contribution in [1.82, 2.24) is 4.72 Å². The van der Waals surface area contributed by atoms with E-state index < -0.39 is 15.9 Å². The molecule has 0 aliphatic heterocycles. The minimum atomic E-state index is -4.14. The van der Waals surface area contributed by atoms with Gasteiger partial charge in [0.15, 0.2) is 5.76 Å². The number of aryl methyl sites for hydroxylation is 1. The van der Waals surface area contributed by atoms with Crippen LogP contribution in [-0.2, 0) is 10.0 Å². The molecule has 5 rings (SSSR count). The zero-order valence-electron chi connectivity index (χ0n) is 18.4. The lowest BCUT2D eigenvalue weighted by Crippen LogP contribution is -2.30. The number of fused-ring (bicyclic) bond motifs is 1. The van der Waals surface area contributed by atoms with Crippen LogP contribution in [0.1, 0.15) is 16.1 Å². The molecular weight excluding hydrogens is 446 g/mol. The number of nitrogens with one attached hydrogen (secondary N) is 1. The summed E-state index contributed by atoms with van der Waals surface area (Å²) in [5, 5.41) is 0.711. The van der Waals surface area contributed by atoms with Crippen LogP contribution in [0.4, 0.5) is 0 Å². The molecule has 1 amide bonds. The topological polar surface area (TPSA) is 76.4 Å². The molecule has 0 unspecified atom stereocenters. The van der Waals surface area contributed by atoms with E-state index in [9.17, 15) is 13.2 Å². The average Bonchev–Trinajstić information content (AvgIpc) is 3.29. The van der Waals surface area contributed by atoms with E-state index in [-0.39, 0.29) is 10.7 Å². The Balaban J connectivity index is 1.44. The molecule has 0 fully saturated rings. The van der Waals surface area contributed by atoms with Crippen LogP contribution in [-0.4, -0.2) is 14.3 Å². The normalized spacial score (nSPS) is 11.4. The number of benzene rings is 4. The van der Waals surface area contributed by atoms with Crippen LogP contribution in [0.25, 0.3) is 33.2 Å². The summed E-state index contributed by atoms with van der Waals surface area (Å²) in [5.41, 5.74) is 4.88. The molecular formula is C28H21NO4S. The molecule has 0 spiro atoms. The summed E-state index contributed by atoms with van der Waals surface area (Å²) >= 11 is 0. The molecule has 0 atom stereocenters. The van der Waals surface area contributed by atoms with Gasteiger partial charge in [-0.2, -0.15) is 0 Å². The van der Waals surface area contributed by atoms with Crippen molar-refractivity contribution >= 4 is 26.9 Å². The Labute approximate surface area is 197 Å². The van der Waals surface area contributed by atoms with Crippen LogP contribution in [0.2, 0.25) is 0 Å². The highest BCUT2D eigenvalue weighted by molar-refractivity contribution is 7.90. The van der Waals surface area contributed by atoms with E-state index in [1.165, 1.54) is 6.07 Å². The van der Waals surface area contributed by atoms with Crippen molar-refractivity contribution in [3.8, 4) is 22.3 Å². The first-order valence-corrected chi connectivity index (χ1v) is 12.2. The van der Waals surface area contributed by atoms with Crippen molar-refractivity contribution in [3.05, 3.63) is 114 Å². The fraction of sp³-hybridized carbons (Fsp3) is 0.0357. The van der Waals surface area contributed by atoms with Crippen molar-refractivity contribution in [2.45, 2.75) is 11.8 Å². The molecule has 1 N–H and O–H groups in total. The van der Waals surface area contributed by atoms with E-state index in [1.807, 2.05) is 79.7 Å². The summed E-state index contributed by atoms with van der Waals surface area (Å²) in [5.74, 6) is -0.896. The Bertz CT molecular complexity index is 1600. The van der Waals surface area contributed by atoms with Crippen LogP contribution in [0.5, 0.6) is 0 Å². The van der Waals surface area contributed by atoms with Crippen molar-refractivity contribution in [1.29, 1.82) is 0 Å². The molecule has 0 radical (unpaired) electrons. The standard InChI is InChI=1S/C28H21NO4S/c1-19-11-13-20(14-12-19)22-15-16-23-18-26(33-25(23)17-22)28(30)29-34(31,32)27-10-6-5-9-24(27)21-7-3-2-4-8-21/h2-18H,1H3,(H,29,30). The molecule has 0 bridgehead atoms. The Morgan fingerprint density at radius 3 is 2.18 bits per heavy atom. The van der Waals surface area contributed by atoms with E-state index in [1.54, 1.807) is 24.3 Å². The Morgan fingerprint density at radius 2 is 1.41 bits per heavy atom. The fourth-order valence-electron chi connectivity index (χ4n) is 3.85. The molecule has 5 nitrogen and oxygen atoms in total. The van der Waals surface area contributed by atoms with Crippen LogP contribution < -0.4 is 4.72 Å². The van der Waals surface area contributed by atoms with Crippen LogP contribution in [0.15, 0.2) is 112 Å². The summed E-state index contributed by atoms with van der Waals surface area (Å²) in [6, 6.07) is 31.0. The fourth-order valence-corrected chi connectivity index (χ4v) is 5.04. The summed E-state index contributed by atoms with van der Waals surface area (Å²) < 4.78 is 34.1. The van der Waals surface area contributed by atoms with E-state index >= 15 is 0 Å². The van der Waals surface area contributed by atoms with Gasteiger partial charge >= 0.3 is 5.91 Å². The molecule has 6 heteroatoms. The SMILES string of the molecule is Cc1ccc(-c2ccc3cc(C(=O)NS(=O)(=O)c4ccccc4-c4ccccc4)oc3c2)cc1. The lowest BCUT2D eigenvalue weighted by atomic mass is 10.0. The quantitative estimate of drug-likeness (QED) is 0.334. The van der Waals surface area contributed by atoms with Crippen molar-refractivity contribution < 1.29 is 17.6 Å². The van der Waals surface area contributed by atoms with Crippen LogP contribution in [0.3, 0.4) is 0 Å². The van der Waals surface area contributed by atoms with Gasteiger partial charge in [0.05, 0.1) is 4.90 Å². The maximum Gasteiger partial charge on any atom is 0.300 e. The van der Waals surface area contributed by atoms with Gasteiger partial charge in [-0.3, -0.25) is 4.79 Å². The molecule has 1 heterocycles. The molecule has 0 aliphatic rings. The van der Waals surface area contributed by atoms with Gasteiger partial charge in [0.1, 0.15) is 5.58 Å². The molecule has 5 aromatic rings. The molecule has 1 aromatic heterocycles. The highest BCUT2D eigenvalue weighted by Gasteiger charge is 2.24. The number of hydrogen-bond acceptors (Lipinski definition) is 4. The Morgan fingerprint density at radius 1 is 0.735 bits per heavy atom. The number of rotatable bonds is 5. The number of furan rings is 1. The minimum Gasteiger partial charge on any atom is -0.451 e. The molecule has 34 heavy (non-hydrogen) atoms. The first kappa shape index (κ1) is 21.7. The minimum absolute atomic E-state index is 0.0207. The maximum atomic E-state index is 13.1. The molecule has 0 saturated heterocycles. The lowest BCUT2D eigenvalue weighted by molar-refractivity contribution is 0.0956. The van der Waals surface area contributed by atoms with E-state index in [0.29, 0.717) is 16.5 Å². The third-order valence-corrected chi connectivity index (χ3v) is 7.01. The van der Waals surface area contributed by atoms with Crippen molar-refractivity contribution in [2.24, 2.45) is 0 Å². The van der Waals surface area contributed by atoms with Gasteiger partial charge in [0, 0.05) is 10.9 Å². The molecule has 0 saturated carbocycles. The number of hydrogen-bond donors (Lipinski definition) is 1. The lowest BCUT2D eigenvalue weighted by Gasteiger charge is -2.11. The Kier molecular flexibility index (Phi) is 5.51. The van der Waals surface area contributed by atoms with E-state index in [4.69, 9.17) is 4.42 Å². The zero-order chi connectivity index (χ0) is 23.7. The summed E-state index contributed by atoms with van der Waals surface area (Å²) in [7, 11) is -4.14. The predicted molar refractivity (Wildman–Crippen MR) is 133 cm³/mol. The van der Waals surface area contributed by atoms with Crippen LogP contribution in [0, 0.1) is 6.92 Å². The number of amides is 1. The van der Waals surface area contributed by atoms with Gasteiger partial charge in [-0.25, -0.2) is 13.1 Å². The molecule has 4 aromatic carbocycles. The second kappa shape index (κ2) is 8.65.